The first-order valence-electron chi connectivity index (χ1n) is 8.92. The maximum absolute atomic E-state index is 12.7. The standard InChI is InChI=1S/C18H26N4O2/c1-13-5-2-6-14(11-13)20-18(24)21-16-8-4-10-22(17(16)23)15-7-3-9-19-12-15/h3,7,9,12-14,16H,2,4-6,8,10-11H2,1H3,(H2,20,21,24). The van der Waals surface area contributed by atoms with Crippen LogP contribution >= 0.6 is 0 Å². The third-order valence-electron chi connectivity index (χ3n) is 4.97. The predicted molar refractivity (Wildman–Crippen MR) is 92.7 cm³/mol. The second-order valence-electron chi connectivity index (χ2n) is 6.98. The number of amides is 3. The fourth-order valence-electron chi connectivity index (χ4n) is 3.73. The zero-order valence-electron chi connectivity index (χ0n) is 14.2. The van der Waals surface area contributed by atoms with Gasteiger partial charge in [0.25, 0.3) is 0 Å². The first kappa shape index (κ1) is 16.7. The fourth-order valence-corrected chi connectivity index (χ4v) is 3.73. The molecule has 1 aromatic rings. The van der Waals surface area contributed by atoms with Gasteiger partial charge in [0.15, 0.2) is 0 Å². The van der Waals surface area contributed by atoms with Gasteiger partial charge in [-0.05, 0) is 43.7 Å². The van der Waals surface area contributed by atoms with E-state index in [1.54, 1.807) is 17.3 Å². The van der Waals surface area contributed by atoms with Gasteiger partial charge in [-0.15, -0.1) is 0 Å². The molecule has 2 fully saturated rings. The molecule has 3 amide bonds. The second-order valence-corrected chi connectivity index (χ2v) is 6.98. The van der Waals surface area contributed by atoms with E-state index in [9.17, 15) is 9.59 Å². The number of pyridine rings is 1. The molecule has 1 aromatic heterocycles. The average molecular weight is 330 g/mol. The zero-order chi connectivity index (χ0) is 16.9. The lowest BCUT2D eigenvalue weighted by Gasteiger charge is -2.33. The Morgan fingerprint density at radius 2 is 2.12 bits per heavy atom. The monoisotopic (exact) mass is 330 g/mol. The second kappa shape index (κ2) is 7.64. The van der Waals surface area contributed by atoms with E-state index in [4.69, 9.17) is 0 Å². The Hall–Kier alpha value is -2.11. The minimum atomic E-state index is -0.458. The SMILES string of the molecule is CC1CCCC(NC(=O)NC2CCCN(c3cccnc3)C2=O)C1. The average Bonchev–Trinajstić information content (AvgIpc) is 2.57. The number of carbonyl (C=O) groups excluding carboxylic acids is 2. The zero-order valence-corrected chi connectivity index (χ0v) is 14.2. The van der Waals surface area contributed by atoms with Crippen molar-refractivity contribution >= 4 is 17.6 Å². The Morgan fingerprint density at radius 3 is 2.88 bits per heavy atom. The first-order valence-corrected chi connectivity index (χ1v) is 8.92. The molecule has 1 aliphatic carbocycles. The lowest BCUT2D eigenvalue weighted by atomic mass is 9.87. The topological polar surface area (TPSA) is 74.3 Å². The minimum Gasteiger partial charge on any atom is -0.335 e. The van der Waals surface area contributed by atoms with Crippen LogP contribution in [-0.2, 0) is 4.79 Å². The molecule has 1 aliphatic heterocycles. The molecule has 6 nitrogen and oxygen atoms in total. The number of rotatable bonds is 3. The number of hydrogen-bond acceptors (Lipinski definition) is 3. The molecule has 24 heavy (non-hydrogen) atoms. The molecule has 3 unspecified atom stereocenters. The van der Waals surface area contributed by atoms with E-state index in [0.29, 0.717) is 18.9 Å². The Morgan fingerprint density at radius 1 is 1.25 bits per heavy atom. The number of nitrogens with zero attached hydrogens (tertiary/aromatic N) is 2. The quantitative estimate of drug-likeness (QED) is 0.894. The molecule has 6 heteroatoms. The van der Waals surface area contributed by atoms with Gasteiger partial charge < -0.3 is 15.5 Å². The van der Waals surface area contributed by atoms with Gasteiger partial charge in [-0.1, -0.05) is 19.8 Å². The number of carbonyl (C=O) groups is 2. The lowest BCUT2D eigenvalue weighted by molar-refractivity contribution is -0.121. The van der Waals surface area contributed by atoms with Crippen molar-refractivity contribution in [1.82, 2.24) is 15.6 Å². The molecule has 2 aliphatic rings. The van der Waals surface area contributed by atoms with Crippen molar-refractivity contribution in [3.63, 3.8) is 0 Å². The van der Waals surface area contributed by atoms with Gasteiger partial charge in [0.05, 0.1) is 11.9 Å². The van der Waals surface area contributed by atoms with Gasteiger partial charge in [0, 0.05) is 18.8 Å². The Kier molecular flexibility index (Phi) is 5.33. The third kappa shape index (κ3) is 4.04. The van der Waals surface area contributed by atoms with Crippen LogP contribution in [0.5, 0.6) is 0 Å². The fraction of sp³-hybridized carbons (Fsp3) is 0.611. The Balaban J connectivity index is 1.56. The third-order valence-corrected chi connectivity index (χ3v) is 4.97. The summed E-state index contributed by atoms with van der Waals surface area (Å²) in [5.41, 5.74) is 0.788. The van der Waals surface area contributed by atoms with Crippen molar-refractivity contribution in [3.8, 4) is 0 Å². The van der Waals surface area contributed by atoms with Crippen molar-refractivity contribution in [2.24, 2.45) is 5.92 Å². The number of aromatic nitrogens is 1. The summed E-state index contributed by atoms with van der Waals surface area (Å²) in [5, 5.41) is 5.91. The van der Waals surface area contributed by atoms with Gasteiger partial charge in [0.1, 0.15) is 6.04 Å². The normalized spacial score (nSPS) is 27.6. The van der Waals surface area contributed by atoms with Crippen LogP contribution < -0.4 is 15.5 Å². The minimum absolute atomic E-state index is 0.0542. The summed E-state index contributed by atoms with van der Waals surface area (Å²) >= 11 is 0. The molecule has 2 heterocycles. The molecule has 0 radical (unpaired) electrons. The lowest BCUT2D eigenvalue weighted by Crippen LogP contribution is -2.55. The van der Waals surface area contributed by atoms with Crippen molar-refractivity contribution < 1.29 is 9.59 Å². The Labute approximate surface area is 143 Å². The highest BCUT2D eigenvalue weighted by molar-refractivity contribution is 5.99. The first-order chi connectivity index (χ1) is 11.6. The van der Waals surface area contributed by atoms with Crippen molar-refractivity contribution in [2.75, 3.05) is 11.4 Å². The van der Waals surface area contributed by atoms with E-state index in [1.165, 1.54) is 6.42 Å². The largest absolute Gasteiger partial charge is 0.335 e. The predicted octanol–water partition coefficient (Wildman–Crippen LogP) is 2.45. The summed E-state index contributed by atoms with van der Waals surface area (Å²) in [7, 11) is 0. The molecule has 0 bridgehead atoms. The molecule has 1 saturated carbocycles. The van der Waals surface area contributed by atoms with Crippen LogP contribution in [0.4, 0.5) is 10.5 Å². The van der Waals surface area contributed by atoms with Crippen molar-refractivity contribution in [3.05, 3.63) is 24.5 Å². The summed E-state index contributed by atoms with van der Waals surface area (Å²) < 4.78 is 0. The molecule has 1 saturated heterocycles. The van der Waals surface area contributed by atoms with Crippen LogP contribution in [0.1, 0.15) is 45.4 Å². The maximum atomic E-state index is 12.7. The van der Waals surface area contributed by atoms with Crippen LogP contribution in [0.2, 0.25) is 0 Å². The smallest absolute Gasteiger partial charge is 0.315 e. The van der Waals surface area contributed by atoms with Crippen LogP contribution in [0, 0.1) is 5.92 Å². The van der Waals surface area contributed by atoms with Gasteiger partial charge >= 0.3 is 6.03 Å². The summed E-state index contributed by atoms with van der Waals surface area (Å²) in [4.78, 5) is 30.7. The van der Waals surface area contributed by atoms with Gasteiger partial charge in [-0.2, -0.15) is 0 Å². The van der Waals surface area contributed by atoms with Gasteiger partial charge in [-0.25, -0.2) is 4.79 Å². The van der Waals surface area contributed by atoms with Gasteiger partial charge in [-0.3, -0.25) is 9.78 Å². The molecule has 3 rings (SSSR count). The summed E-state index contributed by atoms with van der Waals surface area (Å²) in [6.45, 7) is 2.90. The number of hydrogen-bond donors (Lipinski definition) is 2. The summed E-state index contributed by atoms with van der Waals surface area (Å²) in [5.74, 6) is 0.600. The van der Waals surface area contributed by atoms with E-state index in [0.717, 1.165) is 31.4 Å². The summed E-state index contributed by atoms with van der Waals surface area (Å²) in [6.07, 6.45) is 9.36. The number of piperidine rings is 1. The van der Waals surface area contributed by atoms with Crippen LogP contribution in [-0.4, -0.2) is 35.6 Å². The van der Waals surface area contributed by atoms with E-state index >= 15 is 0 Å². The summed E-state index contributed by atoms with van der Waals surface area (Å²) in [6, 6.07) is 3.23. The van der Waals surface area contributed by atoms with Crippen molar-refractivity contribution in [1.29, 1.82) is 0 Å². The molecule has 3 atom stereocenters. The number of urea groups is 1. The van der Waals surface area contributed by atoms with Crippen molar-refractivity contribution in [2.45, 2.75) is 57.5 Å². The van der Waals surface area contributed by atoms with E-state index in [-0.39, 0.29) is 18.0 Å². The molecular formula is C18H26N4O2. The highest BCUT2D eigenvalue weighted by atomic mass is 16.2. The number of nitrogens with one attached hydrogen (secondary N) is 2. The van der Waals surface area contributed by atoms with Gasteiger partial charge in [0.2, 0.25) is 5.91 Å². The number of anilines is 1. The maximum Gasteiger partial charge on any atom is 0.315 e. The molecular weight excluding hydrogens is 304 g/mol. The molecule has 0 spiro atoms. The molecule has 130 valence electrons. The Bertz CT molecular complexity index is 578. The van der Waals surface area contributed by atoms with E-state index < -0.39 is 6.04 Å². The highest BCUT2D eigenvalue weighted by Gasteiger charge is 2.31. The van der Waals surface area contributed by atoms with Crippen LogP contribution in [0.25, 0.3) is 0 Å². The van der Waals surface area contributed by atoms with Crippen LogP contribution in [0.15, 0.2) is 24.5 Å². The molecule has 0 aromatic carbocycles. The van der Waals surface area contributed by atoms with E-state index in [2.05, 4.69) is 22.5 Å². The van der Waals surface area contributed by atoms with E-state index in [1.807, 2.05) is 12.1 Å². The highest BCUT2D eigenvalue weighted by Crippen LogP contribution is 2.23. The van der Waals surface area contributed by atoms with Crippen LogP contribution in [0.3, 0.4) is 0 Å². The molecule has 2 N–H and O–H groups in total.